The predicted octanol–water partition coefficient (Wildman–Crippen LogP) is 0.394. The highest BCUT2D eigenvalue weighted by atomic mass is 16.7. The zero-order valence-corrected chi connectivity index (χ0v) is 8.00. The van der Waals surface area contributed by atoms with Gasteiger partial charge in [0.25, 0.3) is 0 Å². The SMILES string of the molecule is COC(C)(CCOCCO)OC. The molecule has 0 unspecified atom stereocenters. The zero-order chi connectivity index (χ0) is 9.45. The Labute approximate surface area is 73.4 Å². The standard InChI is InChI=1S/C8H18O4/c1-8(10-2,11-3)4-6-12-7-5-9/h9H,4-7H2,1-3H3. The van der Waals surface area contributed by atoms with E-state index in [0.717, 1.165) is 0 Å². The van der Waals surface area contributed by atoms with Crippen LogP contribution in [0.5, 0.6) is 0 Å². The van der Waals surface area contributed by atoms with Gasteiger partial charge >= 0.3 is 0 Å². The third-order valence-corrected chi connectivity index (χ3v) is 1.80. The summed E-state index contributed by atoms with van der Waals surface area (Å²) in [5, 5.41) is 8.42. The predicted molar refractivity (Wildman–Crippen MR) is 44.9 cm³/mol. The van der Waals surface area contributed by atoms with E-state index in [2.05, 4.69) is 0 Å². The maximum absolute atomic E-state index is 8.42. The first-order valence-electron chi connectivity index (χ1n) is 3.97. The molecule has 0 aliphatic carbocycles. The molecule has 0 saturated carbocycles. The van der Waals surface area contributed by atoms with Crippen molar-refractivity contribution in [2.45, 2.75) is 19.1 Å². The molecule has 4 heteroatoms. The van der Waals surface area contributed by atoms with E-state index in [1.165, 1.54) is 0 Å². The Balaban J connectivity index is 3.45. The average Bonchev–Trinajstić information content (AvgIpc) is 2.12. The molecule has 0 aromatic heterocycles. The van der Waals surface area contributed by atoms with Crippen molar-refractivity contribution in [1.29, 1.82) is 0 Å². The van der Waals surface area contributed by atoms with Gasteiger partial charge < -0.3 is 19.3 Å². The first-order chi connectivity index (χ1) is 5.68. The zero-order valence-electron chi connectivity index (χ0n) is 8.00. The van der Waals surface area contributed by atoms with E-state index in [-0.39, 0.29) is 6.61 Å². The fourth-order valence-corrected chi connectivity index (χ4v) is 0.712. The van der Waals surface area contributed by atoms with Crippen LogP contribution in [0.4, 0.5) is 0 Å². The summed E-state index contributed by atoms with van der Waals surface area (Å²) in [5.41, 5.74) is 0. The van der Waals surface area contributed by atoms with Crippen molar-refractivity contribution in [2.24, 2.45) is 0 Å². The molecular weight excluding hydrogens is 160 g/mol. The Morgan fingerprint density at radius 2 is 1.75 bits per heavy atom. The molecule has 0 atom stereocenters. The number of methoxy groups -OCH3 is 2. The van der Waals surface area contributed by atoms with Gasteiger partial charge in [-0.2, -0.15) is 0 Å². The van der Waals surface area contributed by atoms with E-state index < -0.39 is 5.79 Å². The molecule has 0 radical (unpaired) electrons. The summed E-state index contributed by atoms with van der Waals surface area (Å²) < 4.78 is 15.3. The minimum atomic E-state index is -0.574. The van der Waals surface area contributed by atoms with Crippen LogP contribution in [-0.2, 0) is 14.2 Å². The molecule has 4 nitrogen and oxygen atoms in total. The number of hydrogen-bond donors (Lipinski definition) is 1. The molecule has 1 N–H and O–H groups in total. The topological polar surface area (TPSA) is 47.9 Å². The second kappa shape index (κ2) is 6.37. The minimum Gasteiger partial charge on any atom is -0.394 e. The highest BCUT2D eigenvalue weighted by Gasteiger charge is 2.21. The summed E-state index contributed by atoms with van der Waals surface area (Å²) >= 11 is 0. The van der Waals surface area contributed by atoms with E-state index in [1.807, 2.05) is 6.92 Å². The van der Waals surface area contributed by atoms with Crippen LogP contribution in [0.15, 0.2) is 0 Å². The van der Waals surface area contributed by atoms with Crippen molar-refractivity contribution in [1.82, 2.24) is 0 Å². The molecule has 0 bridgehead atoms. The third kappa shape index (κ3) is 4.66. The van der Waals surface area contributed by atoms with Crippen molar-refractivity contribution in [3.05, 3.63) is 0 Å². The molecule has 0 aliphatic rings. The number of hydrogen-bond acceptors (Lipinski definition) is 4. The summed E-state index contributed by atoms with van der Waals surface area (Å²) in [7, 11) is 3.19. The van der Waals surface area contributed by atoms with Gasteiger partial charge in [-0.05, 0) is 6.92 Å². The lowest BCUT2D eigenvalue weighted by Crippen LogP contribution is -2.31. The second-order valence-corrected chi connectivity index (χ2v) is 2.63. The maximum Gasteiger partial charge on any atom is 0.166 e. The fourth-order valence-electron chi connectivity index (χ4n) is 0.712. The van der Waals surface area contributed by atoms with Gasteiger partial charge in [0.05, 0.1) is 19.8 Å². The van der Waals surface area contributed by atoms with E-state index in [0.29, 0.717) is 19.6 Å². The van der Waals surface area contributed by atoms with Crippen LogP contribution in [0.2, 0.25) is 0 Å². The molecule has 0 saturated heterocycles. The van der Waals surface area contributed by atoms with Crippen LogP contribution >= 0.6 is 0 Å². The molecule has 0 rings (SSSR count). The molecule has 0 amide bonds. The van der Waals surface area contributed by atoms with E-state index >= 15 is 0 Å². The first kappa shape index (κ1) is 11.8. The largest absolute Gasteiger partial charge is 0.394 e. The van der Waals surface area contributed by atoms with Crippen LogP contribution in [-0.4, -0.2) is 44.9 Å². The molecule has 0 spiro atoms. The molecular formula is C8H18O4. The van der Waals surface area contributed by atoms with Crippen molar-refractivity contribution in [3.8, 4) is 0 Å². The van der Waals surface area contributed by atoms with Crippen LogP contribution in [0.3, 0.4) is 0 Å². The van der Waals surface area contributed by atoms with Crippen molar-refractivity contribution in [3.63, 3.8) is 0 Å². The molecule has 0 aromatic rings. The van der Waals surface area contributed by atoms with Crippen LogP contribution in [0.1, 0.15) is 13.3 Å². The average molecular weight is 178 g/mol. The van der Waals surface area contributed by atoms with Crippen molar-refractivity contribution in [2.75, 3.05) is 34.0 Å². The Morgan fingerprint density at radius 3 is 2.17 bits per heavy atom. The summed E-state index contributed by atoms with van der Waals surface area (Å²) in [6.45, 7) is 2.79. The number of ether oxygens (including phenoxy) is 3. The quantitative estimate of drug-likeness (QED) is 0.452. The normalized spacial score (nSPS) is 12.0. The lowest BCUT2D eigenvalue weighted by atomic mass is 10.2. The van der Waals surface area contributed by atoms with Crippen LogP contribution in [0.25, 0.3) is 0 Å². The lowest BCUT2D eigenvalue weighted by Gasteiger charge is -2.25. The number of rotatable bonds is 7. The van der Waals surface area contributed by atoms with Crippen LogP contribution < -0.4 is 0 Å². The van der Waals surface area contributed by atoms with Gasteiger partial charge in [-0.15, -0.1) is 0 Å². The van der Waals surface area contributed by atoms with Gasteiger partial charge in [-0.3, -0.25) is 0 Å². The Kier molecular flexibility index (Phi) is 6.28. The molecule has 0 aliphatic heterocycles. The minimum absolute atomic E-state index is 0.0523. The molecule has 74 valence electrons. The van der Waals surface area contributed by atoms with E-state index in [1.54, 1.807) is 14.2 Å². The Bertz CT molecular complexity index is 101. The van der Waals surface area contributed by atoms with Gasteiger partial charge in [0.15, 0.2) is 5.79 Å². The molecule has 0 fully saturated rings. The number of aliphatic hydroxyl groups excluding tert-OH is 1. The van der Waals surface area contributed by atoms with Crippen LogP contribution in [0, 0.1) is 0 Å². The summed E-state index contributed by atoms with van der Waals surface area (Å²) in [4.78, 5) is 0. The van der Waals surface area contributed by atoms with Crippen molar-refractivity contribution >= 4 is 0 Å². The number of aliphatic hydroxyl groups is 1. The Hall–Kier alpha value is -0.160. The van der Waals surface area contributed by atoms with E-state index in [9.17, 15) is 0 Å². The molecule has 0 heterocycles. The highest BCUT2D eigenvalue weighted by molar-refractivity contribution is 4.60. The monoisotopic (exact) mass is 178 g/mol. The summed E-state index contributed by atoms with van der Waals surface area (Å²) in [5.74, 6) is -0.574. The summed E-state index contributed by atoms with van der Waals surface area (Å²) in [6.07, 6.45) is 0.653. The third-order valence-electron chi connectivity index (χ3n) is 1.80. The second-order valence-electron chi connectivity index (χ2n) is 2.63. The Morgan fingerprint density at radius 1 is 1.17 bits per heavy atom. The van der Waals surface area contributed by atoms with Gasteiger partial charge in [-0.25, -0.2) is 0 Å². The van der Waals surface area contributed by atoms with E-state index in [4.69, 9.17) is 19.3 Å². The highest BCUT2D eigenvalue weighted by Crippen LogP contribution is 2.14. The van der Waals surface area contributed by atoms with Gasteiger partial charge in [0, 0.05) is 20.6 Å². The molecule has 12 heavy (non-hydrogen) atoms. The lowest BCUT2D eigenvalue weighted by molar-refractivity contribution is -0.203. The van der Waals surface area contributed by atoms with Crippen molar-refractivity contribution < 1.29 is 19.3 Å². The van der Waals surface area contributed by atoms with Gasteiger partial charge in [0.2, 0.25) is 0 Å². The van der Waals surface area contributed by atoms with Gasteiger partial charge in [0.1, 0.15) is 0 Å². The first-order valence-corrected chi connectivity index (χ1v) is 3.97. The summed E-state index contributed by atoms with van der Waals surface area (Å²) in [6, 6.07) is 0. The molecule has 0 aromatic carbocycles. The van der Waals surface area contributed by atoms with Gasteiger partial charge in [-0.1, -0.05) is 0 Å². The fraction of sp³-hybridized carbons (Fsp3) is 1.00. The smallest absolute Gasteiger partial charge is 0.166 e. The maximum atomic E-state index is 8.42.